The fourth-order valence-electron chi connectivity index (χ4n) is 1.65. The van der Waals surface area contributed by atoms with Gasteiger partial charge in [-0.2, -0.15) is 0 Å². The Morgan fingerprint density at radius 2 is 1.67 bits per heavy atom. The Hall–Kier alpha value is -1.03. The van der Waals surface area contributed by atoms with Crippen LogP contribution >= 0.6 is 0 Å². The monoisotopic (exact) mass is 257 g/mol. The van der Waals surface area contributed by atoms with Crippen molar-refractivity contribution in [1.82, 2.24) is 4.90 Å². The van der Waals surface area contributed by atoms with Crippen LogP contribution in [-0.4, -0.2) is 34.3 Å². The molecule has 0 saturated heterocycles. The van der Waals surface area contributed by atoms with Crippen molar-refractivity contribution in [2.75, 3.05) is 0 Å². The summed E-state index contributed by atoms with van der Waals surface area (Å²) in [6.07, 6.45) is 2.79. The van der Waals surface area contributed by atoms with Crippen LogP contribution in [0, 0.1) is 5.92 Å². The van der Waals surface area contributed by atoms with Crippen molar-refractivity contribution in [2.24, 2.45) is 5.92 Å². The molecule has 1 N–H and O–H groups in total. The Morgan fingerprint density at radius 1 is 1.17 bits per heavy atom. The Kier molecular flexibility index (Phi) is 7.67. The van der Waals surface area contributed by atoms with E-state index in [4.69, 9.17) is 4.74 Å². The topological polar surface area (TPSA) is 49.8 Å². The number of hydrogen-bond acceptors (Lipinski definition) is 3. The minimum atomic E-state index is -0.397. The first-order valence-electron chi connectivity index (χ1n) is 6.59. The van der Waals surface area contributed by atoms with E-state index in [1.807, 2.05) is 41.5 Å². The molecule has 0 heterocycles. The number of carbonyl (C=O) groups excluding carboxylic acids is 1. The summed E-state index contributed by atoms with van der Waals surface area (Å²) in [5.41, 5.74) is 0. The van der Waals surface area contributed by atoms with Gasteiger partial charge in [0.15, 0.2) is 0 Å². The molecule has 0 rings (SSSR count). The molecular formula is C14H27NO3. The molecule has 0 aromatic rings. The molecule has 18 heavy (non-hydrogen) atoms. The van der Waals surface area contributed by atoms with Gasteiger partial charge in [0.25, 0.3) is 0 Å². The van der Waals surface area contributed by atoms with Crippen LogP contribution in [-0.2, 0) is 4.74 Å². The van der Waals surface area contributed by atoms with Crippen molar-refractivity contribution >= 4 is 6.09 Å². The van der Waals surface area contributed by atoms with E-state index in [0.29, 0.717) is 6.42 Å². The van der Waals surface area contributed by atoms with Crippen molar-refractivity contribution in [2.45, 2.75) is 66.2 Å². The highest BCUT2D eigenvalue weighted by Crippen LogP contribution is 2.09. The number of carbonyl (C=O) groups is 1. The van der Waals surface area contributed by atoms with E-state index in [1.54, 1.807) is 11.0 Å². The first-order chi connectivity index (χ1) is 8.27. The zero-order chi connectivity index (χ0) is 14.3. The number of ether oxygens (including phenoxy) is 1. The van der Waals surface area contributed by atoms with Gasteiger partial charge in [-0.15, -0.1) is 0 Å². The van der Waals surface area contributed by atoms with Gasteiger partial charge in [-0.05, 0) is 46.1 Å². The van der Waals surface area contributed by atoms with Crippen LogP contribution in [0.4, 0.5) is 4.79 Å². The van der Waals surface area contributed by atoms with Gasteiger partial charge < -0.3 is 14.7 Å². The molecule has 0 fully saturated rings. The quantitative estimate of drug-likeness (QED) is 0.744. The summed E-state index contributed by atoms with van der Waals surface area (Å²) >= 11 is 0. The fourth-order valence-corrected chi connectivity index (χ4v) is 1.65. The molecule has 0 aromatic carbocycles. The Labute approximate surface area is 111 Å². The maximum absolute atomic E-state index is 11.8. The number of amides is 1. The average molecular weight is 257 g/mol. The van der Waals surface area contributed by atoms with Gasteiger partial charge in [0.05, 0.1) is 12.4 Å². The van der Waals surface area contributed by atoms with Gasteiger partial charge in [0.1, 0.15) is 0 Å². The van der Waals surface area contributed by atoms with Crippen molar-refractivity contribution in [1.29, 1.82) is 0 Å². The van der Waals surface area contributed by atoms with E-state index in [1.165, 1.54) is 6.26 Å². The van der Waals surface area contributed by atoms with E-state index in [9.17, 15) is 9.90 Å². The molecule has 1 unspecified atom stereocenters. The summed E-state index contributed by atoms with van der Waals surface area (Å²) in [6, 6.07) is 0.208. The van der Waals surface area contributed by atoms with Crippen molar-refractivity contribution in [3.8, 4) is 0 Å². The number of rotatable bonds is 6. The zero-order valence-corrected chi connectivity index (χ0v) is 12.4. The lowest BCUT2D eigenvalue weighted by Crippen LogP contribution is -2.41. The molecule has 4 nitrogen and oxygen atoms in total. The number of nitrogens with zero attached hydrogens (tertiary/aromatic N) is 1. The third-order valence-corrected chi connectivity index (χ3v) is 2.74. The van der Waals surface area contributed by atoms with Gasteiger partial charge in [0, 0.05) is 12.1 Å². The molecule has 1 atom stereocenters. The SMILES string of the molecule is CC(C)C(O)C/C=C\OC(=O)N(C(C)C)C(C)C. The maximum atomic E-state index is 11.8. The largest absolute Gasteiger partial charge is 0.418 e. The Balaban J connectivity index is 4.20. The minimum Gasteiger partial charge on any atom is -0.418 e. The maximum Gasteiger partial charge on any atom is 0.415 e. The number of hydrogen-bond donors (Lipinski definition) is 1. The number of aliphatic hydroxyl groups is 1. The average Bonchev–Trinajstić information content (AvgIpc) is 2.22. The van der Waals surface area contributed by atoms with Crippen LogP contribution in [0.1, 0.15) is 48.0 Å². The molecule has 0 aliphatic carbocycles. The molecular weight excluding hydrogens is 230 g/mol. The van der Waals surface area contributed by atoms with Gasteiger partial charge in [-0.1, -0.05) is 13.8 Å². The summed E-state index contributed by atoms with van der Waals surface area (Å²) in [4.78, 5) is 13.5. The van der Waals surface area contributed by atoms with Crippen LogP contribution in [0.3, 0.4) is 0 Å². The van der Waals surface area contributed by atoms with Crippen LogP contribution in [0.2, 0.25) is 0 Å². The zero-order valence-electron chi connectivity index (χ0n) is 12.4. The predicted octanol–water partition coefficient (Wildman–Crippen LogP) is 3.16. The Bertz CT molecular complexity index is 264. The van der Waals surface area contributed by atoms with Gasteiger partial charge in [-0.25, -0.2) is 4.79 Å². The highest BCUT2D eigenvalue weighted by molar-refractivity contribution is 5.68. The third kappa shape index (κ3) is 6.05. The second kappa shape index (κ2) is 8.14. The second-order valence-corrected chi connectivity index (χ2v) is 5.40. The molecule has 4 heteroatoms. The van der Waals surface area contributed by atoms with Crippen LogP contribution in [0.5, 0.6) is 0 Å². The summed E-state index contributed by atoms with van der Waals surface area (Å²) in [6.45, 7) is 11.7. The molecule has 0 radical (unpaired) electrons. The highest BCUT2D eigenvalue weighted by atomic mass is 16.5. The first-order valence-corrected chi connectivity index (χ1v) is 6.59. The normalized spacial score (nSPS) is 13.7. The minimum absolute atomic E-state index is 0.104. The lowest BCUT2D eigenvalue weighted by molar-refractivity contribution is 0.107. The van der Waals surface area contributed by atoms with Gasteiger partial charge >= 0.3 is 6.09 Å². The fraction of sp³-hybridized carbons (Fsp3) is 0.786. The first kappa shape index (κ1) is 17.0. The predicted molar refractivity (Wildman–Crippen MR) is 73.2 cm³/mol. The van der Waals surface area contributed by atoms with Crippen molar-refractivity contribution in [3.05, 3.63) is 12.3 Å². The lowest BCUT2D eigenvalue weighted by atomic mass is 10.1. The smallest absolute Gasteiger partial charge is 0.415 e. The summed E-state index contributed by atoms with van der Waals surface area (Å²) < 4.78 is 5.05. The molecule has 0 spiro atoms. The molecule has 0 aliphatic rings. The summed E-state index contributed by atoms with van der Waals surface area (Å²) in [7, 11) is 0. The van der Waals surface area contributed by atoms with E-state index < -0.39 is 6.10 Å². The lowest BCUT2D eigenvalue weighted by Gasteiger charge is -2.28. The van der Waals surface area contributed by atoms with E-state index in [-0.39, 0.29) is 24.1 Å². The van der Waals surface area contributed by atoms with E-state index in [2.05, 4.69) is 0 Å². The molecule has 0 aliphatic heterocycles. The highest BCUT2D eigenvalue weighted by Gasteiger charge is 2.20. The van der Waals surface area contributed by atoms with Crippen LogP contribution in [0.15, 0.2) is 12.3 Å². The molecule has 0 aromatic heterocycles. The van der Waals surface area contributed by atoms with Gasteiger partial charge in [-0.3, -0.25) is 0 Å². The van der Waals surface area contributed by atoms with Crippen molar-refractivity contribution in [3.63, 3.8) is 0 Å². The van der Waals surface area contributed by atoms with E-state index >= 15 is 0 Å². The molecule has 0 bridgehead atoms. The molecule has 1 amide bonds. The molecule has 0 saturated carbocycles. The third-order valence-electron chi connectivity index (χ3n) is 2.74. The Morgan fingerprint density at radius 3 is 2.06 bits per heavy atom. The number of aliphatic hydroxyl groups excluding tert-OH is 1. The standard InChI is InChI=1S/C14H27NO3/c1-10(2)13(16)8-7-9-18-14(17)15(11(3)4)12(5)6/h7,9-13,16H,8H2,1-6H3/b9-7-. The molecule has 106 valence electrons. The second-order valence-electron chi connectivity index (χ2n) is 5.40. The van der Waals surface area contributed by atoms with Gasteiger partial charge in [0.2, 0.25) is 0 Å². The van der Waals surface area contributed by atoms with E-state index in [0.717, 1.165) is 0 Å². The van der Waals surface area contributed by atoms with Crippen LogP contribution < -0.4 is 0 Å². The summed E-state index contributed by atoms with van der Waals surface area (Å²) in [5, 5.41) is 9.58. The summed E-state index contributed by atoms with van der Waals surface area (Å²) in [5.74, 6) is 0.202. The van der Waals surface area contributed by atoms with Crippen molar-refractivity contribution < 1.29 is 14.6 Å². The van der Waals surface area contributed by atoms with Crippen LogP contribution in [0.25, 0.3) is 0 Å².